The van der Waals surface area contributed by atoms with E-state index in [4.69, 9.17) is 0 Å². The van der Waals surface area contributed by atoms with Crippen molar-refractivity contribution in [1.29, 1.82) is 0 Å². The molecule has 1 radical (unpaired) electrons. The maximum Gasteiger partial charge on any atom is 0.120 e. The van der Waals surface area contributed by atoms with Crippen molar-refractivity contribution in [3.05, 3.63) is 35.9 Å². The minimum Gasteiger partial charge on any atom is -0.255 e. The second kappa shape index (κ2) is 3.78. The Morgan fingerprint density at radius 2 is 2.36 bits per heavy atom. The van der Waals surface area contributed by atoms with Gasteiger partial charge in [-0.1, -0.05) is 24.4 Å². The smallest absolute Gasteiger partial charge is 0.120 e. The standard InChI is InChI=1S/C10H12N3Si/c1-14(2)8-13-7-10(11-12-13)9-5-3-4-6-9/h3-5,7H,8H2,1-2H3. The van der Waals surface area contributed by atoms with Crippen LogP contribution in [0.25, 0.3) is 5.57 Å². The molecule has 0 saturated heterocycles. The molecule has 1 aliphatic carbocycles. The topological polar surface area (TPSA) is 30.7 Å². The van der Waals surface area contributed by atoms with Crippen molar-refractivity contribution >= 4 is 14.4 Å². The second-order valence-corrected chi connectivity index (χ2v) is 6.32. The van der Waals surface area contributed by atoms with Crippen molar-refractivity contribution < 1.29 is 0 Å². The lowest BCUT2D eigenvalue weighted by Gasteiger charge is -1.99. The first-order valence-electron chi connectivity index (χ1n) is 4.58. The largest absolute Gasteiger partial charge is 0.255 e. The monoisotopic (exact) mass is 202 g/mol. The first-order valence-corrected chi connectivity index (χ1v) is 7.29. The normalized spacial score (nSPS) is 14.1. The zero-order valence-corrected chi connectivity index (χ0v) is 9.36. The van der Waals surface area contributed by atoms with Crippen molar-refractivity contribution in [2.45, 2.75) is 19.3 Å². The van der Waals surface area contributed by atoms with Crippen LogP contribution in [0.4, 0.5) is 0 Å². The summed E-state index contributed by atoms with van der Waals surface area (Å²) in [5.41, 5.74) is 5.05. The Kier molecular flexibility index (Phi) is 2.48. The molecule has 0 aromatic carbocycles. The van der Waals surface area contributed by atoms with E-state index in [2.05, 4.69) is 29.1 Å². The van der Waals surface area contributed by atoms with Crippen LogP contribution in [-0.2, 0) is 6.17 Å². The van der Waals surface area contributed by atoms with Gasteiger partial charge in [-0.15, -0.1) is 10.8 Å². The first-order chi connectivity index (χ1) is 6.75. The van der Waals surface area contributed by atoms with Crippen LogP contribution >= 0.6 is 0 Å². The van der Waals surface area contributed by atoms with Gasteiger partial charge in [0.2, 0.25) is 0 Å². The van der Waals surface area contributed by atoms with E-state index in [0.717, 1.165) is 17.4 Å². The van der Waals surface area contributed by atoms with Gasteiger partial charge in [-0.05, 0) is 12.2 Å². The summed E-state index contributed by atoms with van der Waals surface area (Å²) in [4.78, 5) is 0. The molecule has 0 N–H and O–H groups in total. The molecule has 14 heavy (non-hydrogen) atoms. The van der Waals surface area contributed by atoms with Crippen molar-refractivity contribution in [1.82, 2.24) is 15.0 Å². The quantitative estimate of drug-likeness (QED) is 0.551. The molecule has 0 unspecified atom stereocenters. The lowest BCUT2D eigenvalue weighted by Crippen LogP contribution is -2.13. The van der Waals surface area contributed by atoms with Gasteiger partial charge in [0.05, 0.1) is 15.0 Å². The van der Waals surface area contributed by atoms with E-state index in [1.165, 1.54) is 0 Å². The van der Waals surface area contributed by atoms with Crippen molar-refractivity contribution in [2.24, 2.45) is 0 Å². The van der Waals surface area contributed by atoms with Crippen molar-refractivity contribution in [3.63, 3.8) is 0 Å². The maximum atomic E-state index is 4.11. The number of allylic oxidation sites excluding steroid dienone is 3. The van der Waals surface area contributed by atoms with E-state index in [1.807, 2.05) is 29.1 Å². The number of aromatic nitrogens is 3. The molecule has 1 aliphatic rings. The lowest BCUT2D eigenvalue weighted by atomic mass is 10.2. The summed E-state index contributed by atoms with van der Waals surface area (Å²) in [7, 11) is -0.292. The van der Waals surface area contributed by atoms with Crippen LogP contribution < -0.4 is 0 Å². The number of nitrogens with zero attached hydrogens (tertiary/aromatic N) is 3. The third-order valence-electron chi connectivity index (χ3n) is 1.89. The summed E-state index contributed by atoms with van der Waals surface area (Å²) in [6.45, 7) is 4.53. The minimum absolute atomic E-state index is 0.292. The fourth-order valence-electron chi connectivity index (χ4n) is 1.31. The van der Waals surface area contributed by atoms with Crippen LogP contribution in [0.5, 0.6) is 0 Å². The summed E-state index contributed by atoms with van der Waals surface area (Å²) in [5, 5.41) is 8.19. The molecule has 1 heterocycles. The Labute approximate surface area is 85.0 Å². The molecule has 1 aromatic rings. The van der Waals surface area contributed by atoms with Gasteiger partial charge in [-0.25, -0.2) is 0 Å². The van der Waals surface area contributed by atoms with Gasteiger partial charge >= 0.3 is 0 Å². The highest BCUT2D eigenvalue weighted by Crippen LogP contribution is 2.14. The Bertz CT molecular complexity index is 422. The predicted octanol–water partition coefficient (Wildman–Crippen LogP) is 1.68. The van der Waals surface area contributed by atoms with Crippen LogP contribution in [0, 0.1) is 0 Å². The summed E-state index contributed by atoms with van der Waals surface area (Å²) in [6.07, 6.45) is 8.85. The third-order valence-corrected chi connectivity index (χ3v) is 2.85. The molecule has 0 amide bonds. The highest BCUT2D eigenvalue weighted by Gasteiger charge is 2.06. The zero-order chi connectivity index (χ0) is 9.97. The SMILES string of the molecule is C[Si](C)Cn1cc(C2=C=CC=C2)nn1. The third kappa shape index (κ3) is 1.92. The summed E-state index contributed by atoms with van der Waals surface area (Å²) in [6, 6.07) is 0. The summed E-state index contributed by atoms with van der Waals surface area (Å²) >= 11 is 0. The van der Waals surface area contributed by atoms with Crippen LogP contribution in [0.2, 0.25) is 13.1 Å². The molecule has 3 nitrogen and oxygen atoms in total. The molecule has 4 heteroatoms. The van der Waals surface area contributed by atoms with Gasteiger partial charge in [-0.3, -0.25) is 4.68 Å². The van der Waals surface area contributed by atoms with Gasteiger partial charge in [0.1, 0.15) is 5.69 Å². The van der Waals surface area contributed by atoms with Gasteiger partial charge in [0.25, 0.3) is 0 Å². The second-order valence-electron chi connectivity index (χ2n) is 3.59. The number of hydrogen-bond acceptors (Lipinski definition) is 2. The zero-order valence-electron chi connectivity index (χ0n) is 8.36. The van der Waals surface area contributed by atoms with Gasteiger partial charge in [-0.2, -0.15) is 0 Å². The van der Waals surface area contributed by atoms with Gasteiger partial charge < -0.3 is 0 Å². The lowest BCUT2D eigenvalue weighted by molar-refractivity contribution is 0.687. The fraction of sp³-hybridized carbons (Fsp3) is 0.300. The molecule has 0 fully saturated rings. The van der Waals surface area contributed by atoms with E-state index in [9.17, 15) is 0 Å². The van der Waals surface area contributed by atoms with Crippen LogP contribution in [-0.4, -0.2) is 23.8 Å². The Morgan fingerprint density at radius 1 is 1.50 bits per heavy atom. The van der Waals surface area contributed by atoms with Crippen LogP contribution in [0.3, 0.4) is 0 Å². The molecule has 0 atom stereocenters. The average Bonchev–Trinajstić information content (AvgIpc) is 2.69. The first kappa shape index (κ1) is 9.18. The van der Waals surface area contributed by atoms with Crippen LogP contribution in [0.1, 0.15) is 5.69 Å². The minimum atomic E-state index is -0.292. The van der Waals surface area contributed by atoms with E-state index < -0.39 is 0 Å². The Morgan fingerprint density at radius 3 is 3.00 bits per heavy atom. The molecular formula is C10H12N3Si. The maximum absolute atomic E-state index is 4.11. The molecule has 0 bridgehead atoms. The highest BCUT2D eigenvalue weighted by molar-refractivity contribution is 6.54. The van der Waals surface area contributed by atoms with Crippen molar-refractivity contribution in [2.75, 3.05) is 0 Å². The average molecular weight is 202 g/mol. The number of rotatable bonds is 3. The molecule has 0 aliphatic heterocycles. The molecule has 2 rings (SSSR count). The van der Waals surface area contributed by atoms with Gasteiger partial charge in [0, 0.05) is 11.7 Å². The summed E-state index contributed by atoms with van der Waals surface area (Å²) in [5.74, 6) is 0. The van der Waals surface area contributed by atoms with Crippen LogP contribution in [0.15, 0.2) is 30.2 Å². The summed E-state index contributed by atoms with van der Waals surface area (Å²) < 4.78 is 1.92. The van der Waals surface area contributed by atoms with E-state index in [-0.39, 0.29) is 8.80 Å². The molecule has 0 saturated carbocycles. The number of hydrogen-bond donors (Lipinski definition) is 0. The predicted molar refractivity (Wildman–Crippen MR) is 58.1 cm³/mol. The van der Waals surface area contributed by atoms with Crippen molar-refractivity contribution in [3.8, 4) is 0 Å². The van der Waals surface area contributed by atoms with E-state index in [1.54, 1.807) is 0 Å². The Balaban J connectivity index is 2.18. The van der Waals surface area contributed by atoms with E-state index in [0.29, 0.717) is 0 Å². The fourth-order valence-corrected chi connectivity index (χ4v) is 2.12. The Hall–Kier alpha value is -1.38. The van der Waals surface area contributed by atoms with Gasteiger partial charge in [0.15, 0.2) is 0 Å². The molecule has 71 valence electrons. The van der Waals surface area contributed by atoms with E-state index >= 15 is 0 Å². The molecule has 1 aromatic heterocycles. The molecule has 0 spiro atoms. The highest BCUT2D eigenvalue weighted by atomic mass is 28.3. The molecular weight excluding hydrogens is 190 g/mol.